The Kier molecular flexibility index (Phi) is 7.44. The number of hydrogen-bond donors (Lipinski definition) is 2. The number of hydrogen-bond acceptors (Lipinski definition) is 6. The molecule has 182 valence electrons. The minimum Gasteiger partial charge on any atom is -0.507 e. The van der Waals surface area contributed by atoms with Crippen molar-refractivity contribution in [3.63, 3.8) is 0 Å². The SMILES string of the molecule is COc1ccc([C@@H]2C(=C(O)c3ccc(S(=O)(=O)N(C)C)cc3)C(=O)C(=O)N2CC[NH+](C)C)cc1. The van der Waals surface area contributed by atoms with Crippen molar-refractivity contribution < 1.29 is 32.8 Å². The monoisotopic (exact) mass is 488 g/mol. The van der Waals surface area contributed by atoms with Crippen molar-refractivity contribution in [2.24, 2.45) is 0 Å². The highest BCUT2D eigenvalue weighted by atomic mass is 32.2. The van der Waals surface area contributed by atoms with Gasteiger partial charge >= 0.3 is 0 Å². The Morgan fingerprint density at radius 2 is 1.65 bits per heavy atom. The third-order valence-corrected chi connectivity index (χ3v) is 7.56. The van der Waals surface area contributed by atoms with E-state index in [1.165, 1.54) is 43.3 Å². The zero-order valence-electron chi connectivity index (χ0n) is 19.9. The Balaban J connectivity index is 2.11. The summed E-state index contributed by atoms with van der Waals surface area (Å²) in [4.78, 5) is 28.6. The van der Waals surface area contributed by atoms with Crippen LogP contribution in [0.15, 0.2) is 59.0 Å². The molecule has 1 aliphatic heterocycles. The van der Waals surface area contributed by atoms with Crippen molar-refractivity contribution in [3.05, 3.63) is 65.2 Å². The van der Waals surface area contributed by atoms with E-state index in [-0.39, 0.29) is 21.8 Å². The van der Waals surface area contributed by atoms with Gasteiger partial charge in [0.25, 0.3) is 11.7 Å². The molecule has 0 saturated carbocycles. The normalized spacial score (nSPS) is 18.2. The summed E-state index contributed by atoms with van der Waals surface area (Å²) >= 11 is 0. The summed E-state index contributed by atoms with van der Waals surface area (Å²) < 4.78 is 31.0. The first-order chi connectivity index (χ1) is 16.0. The highest BCUT2D eigenvalue weighted by Gasteiger charge is 2.46. The van der Waals surface area contributed by atoms with E-state index in [4.69, 9.17) is 4.74 Å². The maximum Gasteiger partial charge on any atom is 0.295 e. The zero-order chi connectivity index (χ0) is 25.2. The number of quaternary nitrogens is 1. The number of rotatable bonds is 8. The van der Waals surface area contributed by atoms with Gasteiger partial charge < -0.3 is 19.6 Å². The van der Waals surface area contributed by atoms with E-state index in [0.717, 1.165) is 9.21 Å². The molecule has 1 aliphatic rings. The first-order valence-electron chi connectivity index (χ1n) is 10.7. The summed E-state index contributed by atoms with van der Waals surface area (Å²) in [5.41, 5.74) is 0.863. The molecule has 3 rings (SSSR count). The highest BCUT2D eigenvalue weighted by Crippen LogP contribution is 2.39. The topological polar surface area (TPSA) is 109 Å². The summed E-state index contributed by atoms with van der Waals surface area (Å²) in [7, 11) is 4.64. The predicted octanol–water partition coefficient (Wildman–Crippen LogP) is 0.512. The van der Waals surface area contributed by atoms with E-state index in [9.17, 15) is 23.1 Å². The van der Waals surface area contributed by atoms with E-state index < -0.39 is 27.8 Å². The first-order valence-corrected chi connectivity index (χ1v) is 12.2. The maximum absolute atomic E-state index is 13.1. The van der Waals surface area contributed by atoms with Crippen molar-refractivity contribution in [3.8, 4) is 5.75 Å². The molecule has 9 nitrogen and oxygen atoms in total. The molecule has 1 fully saturated rings. The predicted molar refractivity (Wildman–Crippen MR) is 127 cm³/mol. The molecule has 2 N–H and O–H groups in total. The largest absolute Gasteiger partial charge is 0.507 e. The fraction of sp³-hybridized carbons (Fsp3) is 0.333. The Morgan fingerprint density at radius 1 is 1.06 bits per heavy atom. The number of Topliss-reactive ketones (excluding diaryl/α,β-unsaturated/α-hetero) is 1. The van der Waals surface area contributed by atoms with Crippen LogP contribution in [-0.4, -0.2) is 82.8 Å². The number of methoxy groups -OCH3 is 1. The van der Waals surface area contributed by atoms with Gasteiger partial charge in [-0.1, -0.05) is 12.1 Å². The first kappa shape index (κ1) is 25.4. The number of likely N-dealkylation sites (tertiary alicyclic amines) is 1. The number of sulfonamides is 1. The third kappa shape index (κ3) is 4.84. The van der Waals surface area contributed by atoms with Crippen molar-refractivity contribution in [1.82, 2.24) is 9.21 Å². The molecule has 2 aromatic rings. The van der Waals surface area contributed by atoms with Gasteiger partial charge in [-0.3, -0.25) is 9.59 Å². The number of likely N-dealkylation sites (N-methyl/N-ethyl adjacent to an activating group) is 1. The lowest BCUT2D eigenvalue weighted by molar-refractivity contribution is -0.857. The lowest BCUT2D eigenvalue weighted by atomic mass is 9.95. The molecule has 0 aliphatic carbocycles. The standard InChI is InChI=1S/C24H29N3O6S/c1-25(2)14-15-27-21(16-6-10-18(33-5)11-7-16)20(23(29)24(27)30)22(28)17-8-12-19(13-9-17)34(31,32)26(3)4/h6-13,21,28H,14-15H2,1-5H3/p+1/t21-/m1/s1. The Labute approximate surface area is 199 Å². The van der Waals surface area contributed by atoms with Crippen LogP contribution in [0.4, 0.5) is 0 Å². The Bertz CT molecular complexity index is 1200. The van der Waals surface area contributed by atoms with Crippen LogP contribution in [0.3, 0.4) is 0 Å². The minimum absolute atomic E-state index is 0.0351. The lowest BCUT2D eigenvalue weighted by Gasteiger charge is -2.25. The molecular weight excluding hydrogens is 458 g/mol. The molecule has 0 spiro atoms. The second kappa shape index (κ2) is 9.96. The van der Waals surface area contributed by atoms with Gasteiger partial charge in [-0.15, -0.1) is 0 Å². The molecule has 0 unspecified atom stereocenters. The van der Waals surface area contributed by atoms with Crippen LogP contribution in [0.1, 0.15) is 17.2 Å². The minimum atomic E-state index is -3.65. The van der Waals surface area contributed by atoms with Gasteiger partial charge in [0.2, 0.25) is 10.0 Å². The van der Waals surface area contributed by atoms with Crippen LogP contribution in [0.5, 0.6) is 5.75 Å². The number of aliphatic hydroxyl groups is 1. The lowest BCUT2D eigenvalue weighted by Crippen LogP contribution is -3.06. The fourth-order valence-corrected chi connectivity index (χ4v) is 4.64. The molecule has 34 heavy (non-hydrogen) atoms. The van der Waals surface area contributed by atoms with E-state index in [2.05, 4.69) is 0 Å². The smallest absolute Gasteiger partial charge is 0.295 e. The molecule has 0 bridgehead atoms. The number of nitrogens with zero attached hydrogens (tertiary/aromatic N) is 2. The average molecular weight is 489 g/mol. The summed E-state index contributed by atoms with van der Waals surface area (Å²) in [5, 5.41) is 11.1. The molecule has 2 aromatic carbocycles. The fourth-order valence-electron chi connectivity index (χ4n) is 3.74. The molecular formula is C24H30N3O6S+. The van der Waals surface area contributed by atoms with Crippen LogP contribution in [-0.2, 0) is 19.6 Å². The highest BCUT2D eigenvalue weighted by molar-refractivity contribution is 7.89. The molecule has 10 heteroatoms. The van der Waals surface area contributed by atoms with Gasteiger partial charge in [0.15, 0.2) is 0 Å². The van der Waals surface area contributed by atoms with Gasteiger partial charge in [0.05, 0.1) is 50.8 Å². The van der Waals surface area contributed by atoms with E-state index in [0.29, 0.717) is 24.4 Å². The number of nitrogens with one attached hydrogen (secondary N) is 1. The number of benzene rings is 2. The second-order valence-electron chi connectivity index (χ2n) is 8.53. The molecule has 1 heterocycles. The van der Waals surface area contributed by atoms with Crippen molar-refractivity contribution in [1.29, 1.82) is 0 Å². The Hall–Kier alpha value is -3.21. The van der Waals surface area contributed by atoms with Crippen LogP contribution in [0.25, 0.3) is 5.76 Å². The van der Waals surface area contributed by atoms with Crippen LogP contribution in [0.2, 0.25) is 0 Å². The van der Waals surface area contributed by atoms with E-state index in [1.807, 2.05) is 14.1 Å². The van der Waals surface area contributed by atoms with Gasteiger partial charge in [-0.25, -0.2) is 12.7 Å². The number of carbonyl (C=O) groups is 2. The van der Waals surface area contributed by atoms with Gasteiger partial charge in [0.1, 0.15) is 11.5 Å². The Morgan fingerprint density at radius 3 is 2.15 bits per heavy atom. The number of aliphatic hydroxyl groups excluding tert-OH is 1. The number of ether oxygens (including phenoxy) is 1. The van der Waals surface area contributed by atoms with Gasteiger partial charge in [-0.2, -0.15) is 0 Å². The average Bonchev–Trinajstić information content (AvgIpc) is 3.07. The molecule has 1 atom stereocenters. The number of ketones is 1. The summed E-state index contributed by atoms with van der Waals surface area (Å²) in [6, 6.07) is 11.8. The molecule has 1 amide bonds. The molecule has 1 saturated heterocycles. The number of amides is 1. The molecule has 0 radical (unpaired) electrons. The second-order valence-corrected chi connectivity index (χ2v) is 10.7. The van der Waals surface area contributed by atoms with Crippen molar-refractivity contribution in [2.75, 3.05) is 48.4 Å². The van der Waals surface area contributed by atoms with E-state index in [1.54, 1.807) is 31.4 Å². The van der Waals surface area contributed by atoms with Crippen LogP contribution in [0, 0.1) is 0 Å². The summed E-state index contributed by atoms with van der Waals surface area (Å²) in [6.07, 6.45) is 0. The van der Waals surface area contributed by atoms with Gasteiger partial charge in [-0.05, 0) is 42.0 Å². The van der Waals surface area contributed by atoms with Crippen LogP contribution >= 0.6 is 0 Å². The summed E-state index contributed by atoms with van der Waals surface area (Å²) in [5.74, 6) is -1.20. The van der Waals surface area contributed by atoms with Crippen molar-refractivity contribution >= 4 is 27.5 Å². The maximum atomic E-state index is 13.1. The van der Waals surface area contributed by atoms with Gasteiger partial charge in [0, 0.05) is 19.7 Å². The zero-order valence-corrected chi connectivity index (χ0v) is 20.7. The molecule has 0 aromatic heterocycles. The summed E-state index contributed by atoms with van der Waals surface area (Å²) in [6.45, 7) is 0.928. The van der Waals surface area contributed by atoms with Crippen LogP contribution < -0.4 is 9.64 Å². The number of carbonyl (C=O) groups excluding carboxylic acids is 2. The van der Waals surface area contributed by atoms with Crippen molar-refractivity contribution in [2.45, 2.75) is 10.9 Å². The van der Waals surface area contributed by atoms with E-state index >= 15 is 0 Å². The quantitative estimate of drug-likeness (QED) is 0.319. The third-order valence-electron chi connectivity index (χ3n) is 5.73.